The number of nitrogens with zero attached hydrogens (tertiary/aromatic N) is 4. The average Bonchev–Trinajstić information content (AvgIpc) is 4.18. The summed E-state index contributed by atoms with van der Waals surface area (Å²) in [6, 6.07) is 32.7. The third kappa shape index (κ3) is 14.2. The summed E-state index contributed by atoms with van der Waals surface area (Å²) >= 11 is 30.7. The van der Waals surface area contributed by atoms with E-state index in [1.807, 2.05) is 141 Å². The first kappa shape index (κ1) is 54.4. The maximum atomic E-state index is 9.27. The fourth-order valence-electron chi connectivity index (χ4n) is 7.52. The number of rotatable bonds is 12. The molecule has 9 rings (SSSR count). The quantitative estimate of drug-likeness (QED) is 0.161. The molecule has 0 fully saturated rings. The van der Waals surface area contributed by atoms with Gasteiger partial charge in [0.25, 0.3) is 0 Å². The van der Waals surface area contributed by atoms with Gasteiger partial charge in [-0.2, -0.15) is 68.1 Å². The Bertz CT molecular complexity index is 2530. The molecule has 20 heteroatoms. The average molecular weight is 1210 g/mol. The molecule has 6 heterocycles. The van der Waals surface area contributed by atoms with Crippen LogP contribution in [0.3, 0.4) is 0 Å². The van der Waals surface area contributed by atoms with E-state index in [4.69, 9.17) is 0 Å². The van der Waals surface area contributed by atoms with E-state index in [1.165, 1.54) is 98.0 Å². The Kier molecular flexibility index (Phi) is 21.9. The predicted molar refractivity (Wildman–Crippen MR) is 336 cm³/mol. The molecule has 358 valence electrons. The topological polar surface area (TPSA) is 95.2 Å². The Morgan fingerprint density at radius 3 is 0.914 bits per heavy atom. The molecule has 3 aromatic carbocycles. The molecule has 0 atom stereocenters. The van der Waals surface area contributed by atoms with E-state index in [0.717, 1.165) is 69.0 Å². The number of hydrogen-bond acceptors (Lipinski definition) is 20. The van der Waals surface area contributed by atoms with E-state index in [0.29, 0.717) is 25.7 Å². The fraction of sp³-hybridized carbons (Fsp3) is 0.320. The Balaban J connectivity index is 1.00. The van der Waals surface area contributed by atoms with Gasteiger partial charge < -0.3 is 0 Å². The Morgan fingerprint density at radius 1 is 0.357 bits per heavy atom. The number of nitriles is 4. The van der Waals surface area contributed by atoms with Gasteiger partial charge >= 0.3 is 0 Å². The lowest BCUT2D eigenvalue weighted by Crippen LogP contribution is -1.98. The summed E-state index contributed by atoms with van der Waals surface area (Å²) in [7, 11) is 0. The van der Waals surface area contributed by atoms with Gasteiger partial charge in [0.15, 0.2) is 0 Å². The molecular weight excluding hydrogens is 1170 g/mol. The summed E-state index contributed by atoms with van der Waals surface area (Å²) in [5.74, 6) is 10.7. The second kappa shape index (κ2) is 28.2. The molecular formula is C50H42N4S16. The van der Waals surface area contributed by atoms with Gasteiger partial charge in [-0.15, -0.1) is 47.0 Å². The Hall–Kier alpha value is -0.340. The lowest BCUT2D eigenvalue weighted by atomic mass is 9.90. The zero-order valence-corrected chi connectivity index (χ0v) is 50.5. The molecule has 70 heavy (non-hydrogen) atoms. The third-order valence-corrected chi connectivity index (χ3v) is 32.8. The first-order chi connectivity index (χ1) is 34.5. The third-order valence-electron chi connectivity index (χ3n) is 10.6. The molecule has 6 aliphatic rings. The minimum absolute atomic E-state index is 0.529. The van der Waals surface area contributed by atoms with E-state index in [2.05, 4.69) is 84.9 Å². The second-order valence-electron chi connectivity index (χ2n) is 15.3. The molecule has 0 unspecified atom stereocenters. The minimum Gasteiger partial charge on any atom is -0.198 e. The van der Waals surface area contributed by atoms with Crippen LogP contribution in [0.5, 0.6) is 0 Å². The molecule has 0 saturated heterocycles. The summed E-state index contributed by atoms with van der Waals surface area (Å²) < 4.78 is 10.6. The standard InChI is InChI=1S/C50H42N4S16/c51-14-4-18-59-43-44(60-19-5-15-52)68-49(67-43)47-63-37-27-55-23-33-10-2-11-34-24-56-28-38-40(66-48(64-38)50-69-45(61-20-6-16-53)46(70-50)62-21-7-17-54)30-58-26-36-13-3-12-35(25-57-29-39(37)65-47)42(36)32-9-1-8-31(22-32)41(33)34/h1-3,8-13,22H,4-7,18-21,23-30H2. The van der Waals surface area contributed by atoms with Gasteiger partial charge in [0.1, 0.15) is 0 Å². The van der Waals surface area contributed by atoms with E-state index < -0.39 is 0 Å². The number of thioether (sulfide) groups is 16. The van der Waals surface area contributed by atoms with Gasteiger partial charge in [0, 0.05) is 114 Å². The Morgan fingerprint density at radius 2 is 0.629 bits per heavy atom. The minimum atomic E-state index is 0.529. The van der Waals surface area contributed by atoms with E-state index in [1.54, 1.807) is 47.0 Å². The zero-order chi connectivity index (χ0) is 48.1. The first-order valence-electron chi connectivity index (χ1n) is 22.0. The molecule has 0 saturated carbocycles. The summed E-state index contributed by atoms with van der Waals surface area (Å²) in [6.07, 6.45) is 2.12. The van der Waals surface area contributed by atoms with Crippen molar-refractivity contribution < 1.29 is 0 Å². The highest BCUT2D eigenvalue weighted by atomic mass is 32.3. The van der Waals surface area contributed by atoms with Crippen LogP contribution in [0.1, 0.15) is 47.9 Å². The summed E-state index contributed by atoms with van der Waals surface area (Å²) in [6.45, 7) is 0. The molecule has 3 aromatic rings. The van der Waals surface area contributed by atoms with Crippen LogP contribution in [-0.2, 0) is 23.0 Å². The van der Waals surface area contributed by atoms with Gasteiger partial charge in [0.05, 0.1) is 58.2 Å². The highest BCUT2D eigenvalue weighted by molar-refractivity contribution is 8.43. The van der Waals surface area contributed by atoms with Crippen LogP contribution in [0.2, 0.25) is 0 Å². The van der Waals surface area contributed by atoms with Gasteiger partial charge in [0.2, 0.25) is 0 Å². The van der Waals surface area contributed by atoms with Crippen molar-refractivity contribution in [3.8, 4) is 46.5 Å². The van der Waals surface area contributed by atoms with Crippen molar-refractivity contribution in [2.24, 2.45) is 0 Å². The van der Waals surface area contributed by atoms with Crippen LogP contribution in [0.15, 0.2) is 114 Å². The fourth-order valence-corrected chi connectivity index (χ4v) is 30.2. The van der Waals surface area contributed by atoms with Crippen LogP contribution in [0, 0.1) is 45.3 Å². The summed E-state index contributed by atoms with van der Waals surface area (Å²) in [5, 5.41) is 37.1. The van der Waals surface area contributed by atoms with Crippen molar-refractivity contribution in [3.63, 3.8) is 0 Å². The maximum absolute atomic E-state index is 9.27. The largest absolute Gasteiger partial charge is 0.198 e. The van der Waals surface area contributed by atoms with Crippen molar-refractivity contribution >= 4 is 188 Å². The van der Waals surface area contributed by atoms with Gasteiger partial charge in [-0.05, 0) is 50.6 Å². The van der Waals surface area contributed by atoms with Crippen molar-refractivity contribution in [1.29, 1.82) is 21.0 Å². The SMILES string of the molecule is N#CCCSC1=C(SCCC#N)SC(=C2SC3=C(CSCc4cccc5c4-c4cccc(c4)-c4c(cccc4CSCC4=C(CSC5)SC(=C5SC(SCCC#N)=C(SCCC#N)S5)S4)CSC3)S2)S1. The van der Waals surface area contributed by atoms with Crippen molar-refractivity contribution in [2.75, 3.05) is 46.0 Å². The van der Waals surface area contributed by atoms with E-state index in [9.17, 15) is 21.0 Å². The molecule has 6 aliphatic heterocycles. The molecule has 0 radical (unpaired) electrons. The molecule has 4 bridgehead atoms. The number of benzene rings is 3. The van der Waals surface area contributed by atoms with Crippen molar-refractivity contribution in [2.45, 2.75) is 48.7 Å². The predicted octanol–water partition coefficient (Wildman–Crippen LogP) is 19.4. The maximum Gasteiger partial charge on any atom is 0.0717 e. The smallest absolute Gasteiger partial charge is 0.0717 e. The number of hydrogen-bond donors (Lipinski definition) is 0. The van der Waals surface area contributed by atoms with Crippen molar-refractivity contribution in [1.82, 2.24) is 0 Å². The molecule has 0 aromatic heterocycles. The van der Waals surface area contributed by atoms with Crippen LogP contribution in [0.4, 0.5) is 0 Å². The van der Waals surface area contributed by atoms with Crippen LogP contribution in [0.25, 0.3) is 22.3 Å². The van der Waals surface area contributed by atoms with Crippen molar-refractivity contribution in [3.05, 3.63) is 136 Å². The lowest BCUT2D eigenvalue weighted by molar-refractivity contribution is 1.24. The lowest BCUT2D eigenvalue weighted by Gasteiger charge is -2.18. The van der Waals surface area contributed by atoms with Gasteiger partial charge in [-0.25, -0.2) is 0 Å². The summed E-state index contributed by atoms with van der Waals surface area (Å²) in [5.41, 5.74) is 10.9. The van der Waals surface area contributed by atoms with Crippen LogP contribution in [-0.4, -0.2) is 46.0 Å². The van der Waals surface area contributed by atoms with E-state index >= 15 is 0 Å². The monoisotopic (exact) mass is 1210 g/mol. The Labute approximate surface area is 481 Å². The van der Waals surface area contributed by atoms with Crippen LogP contribution >= 0.6 is 188 Å². The molecule has 0 aliphatic carbocycles. The van der Waals surface area contributed by atoms with E-state index in [-0.39, 0.29) is 0 Å². The second-order valence-corrected chi connectivity index (χ2v) is 34.2. The molecule has 4 nitrogen and oxygen atoms in total. The normalized spacial score (nSPS) is 18.6. The molecule has 0 amide bonds. The first-order valence-corrected chi connectivity index (χ1v) is 37.1. The van der Waals surface area contributed by atoms with Gasteiger partial charge in [-0.3, -0.25) is 0 Å². The van der Waals surface area contributed by atoms with Gasteiger partial charge in [-0.1, -0.05) is 149 Å². The highest BCUT2D eigenvalue weighted by Crippen LogP contribution is 2.66. The van der Waals surface area contributed by atoms with Crippen LogP contribution < -0.4 is 0 Å². The molecule has 0 spiro atoms. The molecule has 0 N–H and O–H groups in total. The zero-order valence-electron chi connectivity index (χ0n) is 37.4. The summed E-state index contributed by atoms with van der Waals surface area (Å²) in [4.78, 5) is 5.91. The highest BCUT2D eigenvalue weighted by Gasteiger charge is 2.33.